The van der Waals surface area contributed by atoms with Gasteiger partial charge in [-0.1, -0.05) is 0 Å². The van der Waals surface area contributed by atoms with Crippen molar-refractivity contribution in [2.75, 3.05) is 13.1 Å². The fraction of sp³-hybridized carbons (Fsp3) is 0.917. The number of hydrogen-bond acceptors (Lipinski definition) is 3. The fourth-order valence-electron chi connectivity index (χ4n) is 2.86. The maximum Gasteiger partial charge on any atom is 0.225 e. The number of carbonyl (C=O) groups is 1. The highest BCUT2D eigenvalue weighted by Crippen LogP contribution is 2.27. The van der Waals surface area contributed by atoms with Gasteiger partial charge in [0.1, 0.15) is 0 Å². The number of nitrogens with two attached hydrogens (primary N) is 1. The maximum absolute atomic E-state index is 12.3. The van der Waals surface area contributed by atoms with Gasteiger partial charge in [-0.05, 0) is 33.1 Å². The minimum absolute atomic E-state index is 0. The summed E-state index contributed by atoms with van der Waals surface area (Å²) in [6.07, 6.45) is 3.12. The molecule has 1 saturated carbocycles. The third-order valence-corrected chi connectivity index (χ3v) is 3.55. The van der Waals surface area contributed by atoms with E-state index >= 15 is 0 Å². The molecule has 1 saturated heterocycles. The second-order valence-corrected chi connectivity index (χ2v) is 5.27. The Morgan fingerprint density at radius 3 is 2.29 bits per heavy atom. The average molecular weight is 263 g/mol. The summed E-state index contributed by atoms with van der Waals surface area (Å²) in [6.45, 7) is 5.51. The first-order valence-electron chi connectivity index (χ1n) is 6.26. The van der Waals surface area contributed by atoms with E-state index in [1.165, 1.54) is 0 Å². The average Bonchev–Trinajstić information content (AvgIpc) is 2.62. The molecule has 0 aromatic rings. The summed E-state index contributed by atoms with van der Waals surface area (Å²) < 4.78 is 5.63. The van der Waals surface area contributed by atoms with Crippen molar-refractivity contribution in [2.45, 2.75) is 51.4 Å². The normalized spacial score (nSPS) is 37.7. The highest BCUT2D eigenvalue weighted by molar-refractivity contribution is 5.85. The Morgan fingerprint density at radius 1 is 1.24 bits per heavy atom. The molecule has 1 heterocycles. The Hall–Kier alpha value is -0.320. The molecule has 2 aliphatic rings. The van der Waals surface area contributed by atoms with Gasteiger partial charge in [-0.25, -0.2) is 0 Å². The molecule has 17 heavy (non-hydrogen) atoms. The smallest absolute Gasteiger partial charge is 0.225 e. The van der Waals surface area contributed by atoms with E-state index in [0.717, 1.165) is 32.4 Å². The Morgan fingerprint density at radius 2 is 1.82 bits per heavy atom. The van der Waals surface area contributed by atoms with Crippen LogP contribution in [0.1, 0.15) is 33.1 Å². The summed E-state index contributed by atoms with van der Waals surface area (Å²) in [6, 6.07) is 0.227. The van der Waals surface area contributed by atoms with Gasteiger partial charge in [-0.3, -0.25) is 4.79 Å². The molecule has 1 aliphatic heterocycles. The highest BCUT2D eigenvalue weighted by Gasteiger charge is 2.34. The number of rotatable bonds is 1. The molecule has 2 N–H and O–H groups in total. The molecule has 4 unspecified atom stereocenters. The number of amides is 1. The Kier molecular flexibility index (Phi) is 5.22. The molecule has 5 heteroatoms. The van der Waals surface area contributed by atoms with Crippen LogP contribution in [0.25, 0.3) is 0 Å². The number of morpholine rings is 1. The SMILES string of the molecule is CC1CN(C(=O)C2CCC(N)C2)CC(C)O1.Cl. The van der Waals surface area contributed by atoms with Crippen molar-refractivity contribution in [3.8, 4) is 0 Å². The van der Waals surface area contributed by atoms with Crippen molar-refractivity contribution in [3.63, 3.8) is 0 Å². The molecule has 2 fully saturated rings. The van der Waals surface area contributed by atoms with Crippen LogP contribution in [0.5, 0.6) is 0 Å². The molecule has 0 aromatic heterocycles. The van der Waals surface area contributed by atoms with E-state index in [1.807, 2.05) is 18.7 Å². The van der Waals surface area contributed by atoms with Crippen LogP contribution in [0.4, 0.5) is 0 Å². The second kappa shape index (κ2) is 6.03. The van der Waals surface area contributed by atoms with Crippen LogP contribution in [0.2, 0.25) is 0 Å². The summed E-state index contributed by atoms with van der Waals surface area (Å²) >= 11 is 0. The summed E-state index contributed by atoms with van der Waals surface area (Å²) in [5.74, 6) is 0.447. The van der Waals surface area contributed by atoms with Gasteiger partial charge < -0.3 is 15.4 Å². The number of nitrogens with zero attached hydrogens (tertiary/aromatic N) is 1. The molecule has 2 rings (SSSR count). The molecular formula is C12H23ClN2O2. The number of carbonyl (C=O) groups excluding carboxylic acids is 1. The molecule has 1 amide bonds. The van der Waals surface area contributed by atoms with Crippen molar-refractivity contribution < 1.29 is 9.53 Å². The number of ether oxygens (including phenoxy) is 1. The van der Waals surface area contributed by atoms with Crippen LogP contribution in [0.3, 0.4) is 0 Å². The van der Waals surface area contributed by atoms with Gasteiger partial charge in [-0.2, -0.15) is 0 Å². The molecular weight excluding hydrogens is 240 g/mol. The molecule has 0 bridgehead atoms. The van der Waals surface area contributed by atoms with Crippen molar-refractivity contribution in [2.24, 2.45) is 11.7 Å². The van der Waals surface area contributed by atoms with Crippen LogP contribution in [-0.4, -0.2) is 42.1 Å². The van der Waals surface area contributed by atoms with Gasteiger partial charge in [0.25, 0.3) is 0 Å². The minimum Gasteiger partial charge on any atom is -0.372 e. The van der Waals surface area contributed by atoms with Crippen LogP contribution >= 0.6 is 12.4 Å². The van der Waals surface area contributed by atoms with Crippen molar-refractivity contribution >= 4 is 18.3 Å². The molecule has 100 valence electrons. The lowest BCUT2D eigenvalue weighted by Gasteiger charge is -2.36. The second-order valence-electron chi connectivity index (χ2n) is 5.27. The van der Waals surface area contributed by atoms with Crippen LogP contribution in [-0.2, 0) is 9.53 Å². The topological polar surface area (TPSA) is 55.6 Å². The van der Waals surface area contributed by atoms with Crippen LogP contribution in [0.15, 0.2) is 0 Å². The standard InChI is InChI=1S/C12H22N2O2.ClH/c1-8-6-14(7-9(2)16-8)12(15)10-3-4-11(13)5-10;/h8-11H,3-7,13H2,1-2H3;1H. The summed E-state index contributed by atoms with van der Waals surface area (Å²) in [4.78, 5) is 14.2. The van der Waals surface area contributed by atoms with E-state index < -0.39 is 0 Å². The Balaban J connectivity index is 0.00000144. The van der Waals surface area contributed by atoms with E-state index in [0.29, 0.717) is 0 Å². The predicted molar refractivity (Wildman–Crippen MR) is 69.2 cm³/mol. The predicted octanol–water partition coefficient (Wildman–Crippen LogP) is 1.17. The van der Waals surface area contributed by atoms with Crippen molar-refractivity contribution in [3.05, 3.63) is 0 Å². The lowest BCUT2D eigenvalue weighted by atomic mass is 10.0. The quantitative estimate of drug-likeness (QED) is 0.772. The lowest BCUT2D eigenvalue weighted by Crippen LogP contribution is -2.49. The molecule has 4 atom stereocenters. The summed E-state index contributed by atoms with van der Waals surface area (Å²) in [5.41, 5.74) is 5.85. The van der Waals surface area contributed by atoms with Gasteiger partial charge in [0.05, 0.1) is 12.2 Å². The van der Waals surface area contributed by atoms with E-state index in [2.05, 4.69) is 0 Å². The van der Waals surface area contributed by atoms with Gasteiger partial charge >= 0.3 is 0 Å². The zero-order valence-corrected chi connectivity index (χ0v) is 11.4. The first kappa shape index (κ1) is 14.7. The third kappa shape index (κ3) is 3.57. The first-order valence-corrected chi connectivity index (χ1v) is 6.26. The molecule has 0 radical (unpaired) electrons. The fourth-order valence-corrected chi connectivity index (χ4v) is 2.86. The Labute approximate surface area is 109 Å². The number of hydrogen-bond donors (Lipinski definition) is 1. The Bertz CT molecular complexity index is 265. The van der Waals surface area contributed by atoms with Gasteiger partial charge in [0.15, 0.2) is 0 Å². The van der Waals surface area contributed by atoms with Gasteiger partial charge in [-0.15, -0.1) is 12.4 Å². The van der Waals surface area contributed by atoms with Crippen molar-refractivity contribution in [1.29, 1.82) is 0 Å². The third-order valence-electron chi connectivity index (χ3n) is 3.55. The van der Waals surface area contributed by atoms with E-state index in [1.54, 1.807) is 0 Å². The largest absolute Gasteiger partial charge is 0.372 e. The lowest BCUT2D eigenvalue weighted by molar-refractivity contribution is -0.147. The number of halogens is 1. The minimum atomic E-state index is 0. The first-order chi connectivity index (χ1) is 7.56. The monoisotopic (exact) mass is 262 g/mol. The van der Waals surface area contributed by atoms with Crippen LogP contribution in [0, 0.1) is 5.92 Å². The molecule has 0 aromatic carbocycles. The summed E-state index contributed by atoms with van der Waals surface area (Å²) in [5, 5.41) is 0. The zero-order valence-electron chi connectivity index (χ0n) is 10.6. The molecule has 0 spiro atoms. The van der Waals surface area contributed by atoms with E-state index in [4.69, 9.17) is 10.5 Å². The highest BCUT2D eigenvalue weighted by atomic mass is 35.5. The van der Waals surface area contributed by atoms with E-state index in [-0.39, 0.29) is 42.5 Å². The van der Waals surface area contributed by atoms with Gasteiger partial charge in [0.2, 0.25) is 5.91 Å². The summed E-state index contributed by atoms with van der Waals surface area (Å²) in [7, 11) is 0. The van der Waals surface area contributed by atoms with Crippen molar-refractivity contribution in [1.82, 2.24) is 4.90 Å². The molecule has 1 aliphatic carbocycles. The zero-order chi connectivity index (χ0) is 11.7. The van der Waals surface area contributed by atoms with Crippen LogP contribution < -0.4 is 5.73 Å². The van der Waals surface area contributed by atoms with E-state index in [9.17, 15) is 4.79 Å². The van der Waals surface area contributed by atoms with Gasteiger partial charge in [0, 0.05) is 25.0 Å². The maximum atomic E-state index is 12.3. The molecule has 4 nitrogen and oxygen atoms in total.